The number of allylic oxidation sites excluding steroid dienone is 1. The molecule has 33 heavy (non-hydrogen) atoms. The van der Waals surface area contributed by atoms with Crippen molar-refractivity contribution in [2.45, 2.75) is 26.4 Å². The summed E-state index contributed by atoms with van der Waals surface area (Å²) in [7, 11) is 0. The van der Waals surface area contributed by atoms with Crippen molar-refractivity contribution in [2.24, 2.45) is 0 Å². The second kappa shape index (κ2) is 8.84. The molecule has 0 saturated carbocycles. The van der Waals surface area contributed by atoms with E-state index >= 15 is 0 Å². The van der Waals surface area contributed by atoms with Gasteiger partial charge in [0.1, 0.15) is 0 Å². The van der Waals surface area contributed by atoms with Crippen LogP contribution in [0.5, 0.6) is 0 Å². The van der Waals surface area contributed by atoms with Crippen molar-refractivity contribution in [1.82, 2.24) is 20.4 Å². The van der Waals surface area contributed by atoms with Gasteiger partial charge in [0.25, 0.3) is 5.89 Å². The van der Waals surface area contributed by atoms with E-state index in [2.05, 4.69) is 15.5 Å². The number of nitrogens with zero attached hydrogens (tertiary/aromatic N) is 3. The Labute approximate surface area is 200 Å². The van der Waals surface area contributed by atoms with Crippen LogP contribution in [-0.2, 0) is 6.54 Å². The van der Waals surface area contributed by atoms with Gasteiger partial charge in [0.05, 0.1) is 18.2 Å². The number of aryl methyl sites for hydroxylation is 1. The van der Waals surface area contributed by atoms with Gasteiger partial charge >= 0.3 is 6.03 Å². The molecule has 1 unspecified atom stereocenters. The van der Waals surface area contributed by atoms with Crippen LogP contribution in [0.4, 0.5) is 4.79 Å². The molecule has 0 saturated heterocycles. The predicted octanol–water partition coefficient (Wildman–Crippen LogP) is 6.46. The molecule has 0 aliphatic carbocycles. The SMILES string of the molecule is CC1=C(c2nc(-c3ccc(Cl)cc3)no2)C(c2ccc(C)cc2)NC(=O)N1Cc1cccs1. The smallest absolute Gasteiger partial charge is 0.322 e. The number of amides is 2. The number of carbonyl (C=O) groups excluding carboxylic acids is 1. The third-order valence-electron chi connectivity index (χ3n) is 5.66. The van der Waals surface area contributed by atoms with Gasteiger partial charge in [-0.3, -0.25) is 4.90 Å². The fourth-order valence-corrected chi connectivity index (χ4v) is 4.68. The minimum Gasteiger partial charge on any atom is -0.334 e. The summed E-state index contributed by atoms with van der Waals surface area (Å²) >= 11 is 7.63. The highest BCUT2D eigenvalue weighted by atomic mass is 35.5. The first-order chi connectivity index (χ1) is 16.0. The molecule has 0 bridgehead atoms. The Balaban J connectivity index is 1.59. The van der Waals surface area contributed by atoms with Gasteiger partial charge in [0, 0.05) is 21.2 Å². The van der Waals surface area contributed by atoms with Crippen LogP contribution in [0.2, 0.25) is 5.02 Å². The second-order valence-electron chi connectivity index (χ2n) is 7.89. The number of halogens is 1. The highest BCUT2D eigenvalue weighted by Crippen LogP contribution is 2.38. The van der Waals surface area contributed by atoms with Crippen LogP contribution in [0.25, 0.3) is 17.0 Å². The maximum Gasteiger partial charge on any atom is 0.322 e. The summed E-state index contributed by atoms with van der Waals surface area (Å²) in [4.78, 5) is 20.6. The van der Waals surface area contributed by atoms with E-state index in [1.165, 1.54) is 0 Å². The third kappa shape index (κ3) is 4.29. The second-order valence-corrected chi connectivity index (χ2v) is 9.36. The first-order valence-electron chi connectivity index (χ1n) is 10.5. The highest BCUT2D eigenvalue weighted by molar-refractivity contribution is 7.09. The Morgan fingerprint density at radius 2 is 1.85 bits per heavy atom. The van der Waals surface area contributed by atoms with Crippen molar-refractivity contribution in [1.29, 1.82) is 0 Å². The molecule has 3 heterocycles. The van der Waals surface area contributed by atoms with Gasteiger partial charge in [0.2, 0.25) is 5.82 Å². The van der Waals surface area contributed by atoms with E-state index < -0.39 is 6.04 Å². The van der Waals surface area contributed by atoms with Crippen LogP contribution in [0.3, 0.4) is 0 Å². The van der Waals surface area contributed by atoms with E-state index in [0.717, 1.165) is 32.8 Å². The van der Waals surface area contributed by atoms with Crippen LogP contribution in [0.1, 0.15) is 34.9 Å². The topological polar surface area (TPSA) is 71.3 Å². The lowest BCUT2D eigenvalue weighted by Gasteiger charge is -2.35. The molecule has 0 radical (unpaired) electrons. The molecule has 0 spiro atoms. The van der Waals surface area contributed by atoms with Crippen molar-refractivity contribution in [3.8, 4) is 11.4 Å². The summed E-state index contributed by atoms with van der Waals surface area (Å²) in [6.07, 6.45) is 0. The van der Waals surface area contributed by atoms with Gasteiger partial charge in [-0.2, -0.15) is 4.98 Å². The van der Waals surface area contributed by atoms with E-state index in [1.807, 2.05) is 67.8 Å². The van der Waals surface area contributed by atoms with Gasteiger partial charge < -0.3 is 9.84 Å². The third-order valence-corrected chi connectivity index (χ3v) is 6.77. The summed E-state index contributed by atoms with van der Waals surface area (Å²) in [5, 5.41) is 9.98. The number of hydrogen-bond donors (Lipinski definition) is 1. The largest absolute Gasteiger partial charge is 0.334 e. The quantitative estimate of drug-likeness (QED) is 0.359. The molecule has 1 aliphatic rings. The average Bonchev–Trinajstić information content (AvgIpc) is 3.50. The van der Waals surface area contributed by atoms with Gasteiger partial charge in [-0.1, -0.05) is 52.7 Å². The maximum atomic E-state index is 13.1. The van der Waals surface area contributed by atoms with E-state index in [1.54, 1.807) is 28.4 Å². The van der Waals surface area contributed by atoms with Crippen molar-refractivity contribution in [3.63, 3.8) is 0 Å². The number of rotatable bonds is 5. The van der Waals surface area contributed by atoms with Crippen LogP contribution in [-0.4, -0.2) is 21.1 Å². The summed E-state index contributed by atoms with van der Waals surface area (Å²) in [5.41, 5.74) is 4.46. The van der Waals surface area contributed by atoms with Gasteiger partial charge in [-0.15, -0.1) is 11.3 Å². The van der Waals surface area contributed by atoms with E-state index in [0.29, 0.717) is 23.3 Å². The lowest BCUT2D eigenvalue weighted by Crippen LogP contribution is -2.45. The number of nitrogens with one attached hydrogen (secondary N) is 1. The van der Waals surface area contributed by atoms with Crippen LogP contribution in [0.15, 0.2) is 76.3 Å². The zero-order valence-corrected chi connectivity index (χ0v) is 19.7. The van der Waals surface area contributed by atoms with E-state index in [9.17, 15) is 4.79 Å². The summed E-state index contributed by atoms with van der Waals surface area (Å²) in [6, 6.07) is 18.8. The minimum absolute atomic E-state index is 0.160. The van der Waals surface area contributed by atoms with Crippen LogP contribution in [0, 0.1) is 6.92 Å². The standard InChI is InChI=1S/C25H21ClN4O2S/c1-15-5-7-17(8-6-15)22-21(16(2)30(25(31)27-22)14-20-4-3-13-33-20)24-28-23(29-32-24)18-9-11-19(26)12-10-18/h3-13,22H,14H2,1-2H3,(H,27,31). The molecule has 1 N–H and O–H groups in total. The zero-order chi connectivity index (χ0) is 22.9. The monoisotopic (exact) mass is 476 g/mol. The van der Waals surface area contributed by atoms with Gasteiger partial charge in [-0.05, 0) is 55.1 Å². The summed E-state index contributed by atoms with van der Waals surface area (Å²) in [5.74, 6) is 0.838. The number of aromatic nitrogens is 2. The Bertz CT molecular complexity index is 1310. The Kier molecular flexibility index (Phi) is 5.74. The van der Waals surface area contributed by atoms with Gasteiger partial charge in [-0.25, -0.2) is 4.79 Å². The molecule has 6 nitrogen and oxygen atoms in total. The fourth-order valence-electron chi connectivity index (χ4n) is 3.87. The summed E-state index contributed by atoms with van der Waals surface area (Å²) < 4.78 is 5.73. The number of benzene rings is 2. The molecule has 4 aromatic rings. The lowest BCUT2D eigenvalue weighted by molar-refractivity contribution is 0.203. The molecule has 2 aromatic carbocycles. The molecule has 0 fully saturated rings. The molecule has 1 atom stereocenters. The molecule has 5 rings (SSSR count). The Morgan fingerprint density at radius 1 is 1.09 bits per heavy atom. The molecule has 2 amide bonds. The first kappa shape index (κ1) is 21.4. The Morgan fingerprint density at radius 3 is 2.55 bits per heavy atom. The zero-order valence-electron chi connectivity index (χ0n) is 18.1. The van der Waals surface area contributed by atoms with Crippen molar-refractivity contribution < 1.29 is 9.32 Å². The molecular formula is C25H21ClN4O2S. The fraction of sp³-hybridized carbons (Fsp3) is 0.160. The maximum absolute atomic E-state index is 13.1. The molecular weight excluding hydrogens is 456 g/mol. The number of thiophene rings is 1. The Hall–Kier alpha value is -3.42. The van der Waals surface area contributed by atoms with Crippen LogP contribution < -0.4 is 5.32 Å². The molecule has 1 aliphatic heterocycles. The molecule has 8 heteroatoms. The average molecular weight is 477 g/mol. The predicted molar refractivity (Wildman–Crippen MR) is 130 cm³/mol. The summed E-state index contributed by atoms with van der Waals surface area (Å²) in [6.45, 7) is 4.43. The van der Waals surface area contributed by atoms with Crippen LogP contribution >= 0.6 is 22.9 Å². The lowest BCUT2D eigenvalue weighted by atomic mass is 9.94. The molecule has 166 valence electrons. The minimum atomic E-state index is -0.406. The highest BCUT2D eigenvalue weighted by Gasteiger charge is 2.35. The van der Waals surface area contributed by atoms with Crippen molar-refractivity contribution in [2.75, 3.05) is 0 Å². The number of urea groups is 1. The van der Waals surface area contributed by atoms with Gasteiger partial charge in [0.15, 0.2) is 0 Å². The molecule has 2 aromatic heterocycles. The number of hydrogen-bond acceptors (Lipinski definition) is 5. The normalized spacial score (nSPS) is 16.3. The number of carbonyl (C=O) groups is 1. The van der Waals surface area contributed by atoms with Crippen molar-refractivity contribution >= 4 is 34.5 Å². The van der Waals surface area contributed by atoms with Crippen molar-refractivity contribution in [3.05, 3.63) is 98.7 Å². The van der Waals surface area contributed by atoms with E-state index in [4.69, 9.17) is 16.1 Å². The van der Waals surface area contributed by atoms with E-state index in [-0.39, 0.29) is 6.03 Å². The first-order valence-corrected chi connectivity index (χ1v) is 11.7.